The predicted octanol–water partition coefficient (Wildman–Crippen LogP) is 0.908. The number of carboxylic acid groups (broad SMARTS) is 1. The highest BCUT2D eigenvalue weighted by atomic mass is 32.1. The van der Waals surface area contributed by atoms with Crippen LogP contribution in [0.5, 0.6) is 0 Å². The number of carbonyl (C=O) groups is 1. The van der Waals surface area contributed by atoms with Crippen LogP contribution in [0.2, 0.25) is 0 Å². The largest absolute Gasteiger partial charge is 0.481 e. The molecule has 4 atom stereocenters. The highest BCUT2D eigenvalue weighted by Crippen LogP contribution is 2.31. The summed E-state index contributed by atoms with van der Waals surface area (Å²) < 4.78 is 5.14. The molecule has 0 saturated carbocycles. The van der Waals surface area contributed by atoms with Crippen LogP contribution in [0.15, 0.2) is 0 Å². The standard InChI is InChI=1S/C7H12O3S2/c1-3-4(11)2-10-7(12)5(3)6(8)9/h3-5,7,11-12H,2H2,1H3,(H,8,9). The van der Waals surface area contributed by atoms with E-state index in [9.17, 15) is 4.79 Å². The van der Waals surface area contributed by atoms with E-state index in [1.807, 2.05) is 6.92 Å². The second-order valence-electron chi connectivity index (χ2n) is 3.01. The molecule has 0 aromatic carbocycles. The van der Waals surface area contributed by atoms with Gasteiger partial charge in [-0.2, -0.15) is 12.6 Å². The van der Waals surface area contributed by atoms with Crippen molar-refractivity contribution >= 4 is 31.2 Å². The van der Waals surface area contributed by atoms with Crippen molar-refractivity contribution < 1.29 is 14.6 Å². The van der Waals surface area contributed by atoms with E-state index in [0.29, 0.717) is 6.61 Å². The number of rotatable bonds is 1. The minimum atomic E-state index is -0.860. The van der Waals surface area contributed by atoms with Gasteiger partial charge in [-0.05, 0) is 5.92 Å². The summed E-state index contributed by atoms with van der Waals surface area (Å²) in [6, 6.07) is 0. The maximum Gasteiger partial charge on any atom is 0.310 e. The van der Waals surface area contributed by atoms with Gasteiger partial charge in [0.05, 0.1) is 12.5 Å². The van der Waals surface area contributed by atoms with Gasteiger partial charge in [0.2, 0.25) is 0 Å². The van der Waals surface area contributed by atoms with Crippen LogP contribution in [-0.4, -0.2) is 28.4 Å². The number of hydrogen-bond acceptors (Lipinski definition) is 4. The SMILES string of the molecule is CC1C(S)COC(S)C1C(=O)O. The van der Waals surface area contributed by atoms with Crippen LogP contribution >= 0.6 is 25.3 Å². The first-order valence-electron chi connectivity index (χ1n) is 3.74. The lowest BCUT2D eigenvalue weighted by Crippen LogP contribution is -2.43. The molecule has 5 heteroatoms. The zero-order chi connectivity index (χ0) is 9.30. The van der Waals surface area contributed by atoms with Crippen molar-refractivity contribution in [1.29, 1.82) is 0 Å². The lowest BCUT2D eigenvalue weighted by Gasteiger charge is -2.34. The van der Waals surface area contributed by atoms with Gasteiger partial charge in [0.1, 0.15) is 5.44 Å². The summed E-state index contributed by atoms with van der Waals surface area (Å²) in [6.07, 6.45) is 0. The third-order valence-corrected chi connectivity index (χ3v) is 3.29. The average Bonchev–Trinajstić information content (AvgIpc) is 1.97. The Kier molecular flexibility index (Phi) is 3.31. The zero-order valence-electron chi connectivity index (χ0n) is 6.67. The molecule has 1 saturated heterocycles. The van der Waals surface area contributed by atoms with Gasteiger partial charge in [-0.15, -0.1) is 12.6 Å². The third-order valence-electron chi connectivity index (χ3n) is 2.20. The molecule has 0 amide bonds. The number of carboxylic acids is 1. The third kappa shape index (κ3) is 1.89. The Morgan fingerprint density at radius 3 is 2.58 bits per heavy atom. The molecule has 0 aromatic heterocycles. The molecule has 1 fully saturated rings. The minimum absolute atomic E-state index is 0.00193. The summed E-state index contributed by atoms with van der Waals surface area (Å²) in [6.45, 7) is 2.34. The highest BCUT2D eigenvalue weighted by Gasteiger charge is 2.39. The Morgan fingerprint density at radius 1 is 1.58 bits per heavy atom. The van der Waals surface area contributed by atoms with Crippen LogP contribution in [0, 0.1) is 11.8 Å². The van der Waals surface area contributed by atoms with Crippen LogP contribution in [-0.2, 0) is 9.53 Å². The Bertz CT molecular complexity index is 185. The van der Waals surface area contributed by atoms with E-state index in [2.05, 4.69) is 25.3 Å². The van der Waals surface area contributed by atoms with Crippen molar-refractivity contribution in [2.45, 2.75) is 17.6 Å². The van der Waals surface area contributed by atoms with Gasteiger partial charge in [-0.1, -0.05) is 6.92 Å². The minimum Gasteiger partial charge on any atom is -0.481 e. The van der Waals surface area contributed by atoms with E-state index in [1.165, 1.54) is 0 Å². The summed E-state index contributed by atoms with van der Waals surface area (Å²) in [5.74, 6) is -1.41. The van der Waals surface area contributed by atoms with E-state index < -0.39 is 17.3 Å². The number of hydrogen-bond donors (Lipinski definition) is 3. The monoisotopic (exact) mass is 208 g/mol. The van der Waals surface area contributed by atoms with E-state index in [0.717, 1.165) is 0 Å². The Labute approximate surface area is 82.3 Å². The normalized spacial score (nSPS) is 42.6. The lowest BCUT2D eigenvalue weighted by molar-refractivity contribution is -0.150. The molecule has 1 aliphatic rings. The van der Waals surface area contributed by atoms with Crippen LogP contribution in [0.25, 0.3) is 0 Å². The van der Waals surface area contributed by atoms with Gasteiger partial charge < -0.3 is 9.84 Å². The quantitative estimate of drug-likeness (QED) is 0.561. The molecule has 0 spiro atoms. The number of aliphatic carboxylic acids is 1. The van der Waals surface area contributed by atoms with Crippen molar-refractivity contribution in [3.63, 3.8) is 0 Å². The first-order valence-corrected chi connectivity index (χ1v) is 4.78. The first kappa shape index (κ1) is 10.2. The molecular formula is C7H12O3S2. The maximum absolute atomic E-state index is 10.8. The smallest absolute Gasteiger partial charge is 0.310 e. The summed E-state index contributed by atoms with van der Waals surface area (Å²) in [5.41, 5.74) is -0.499. The predicted molar refractivity (Wildman–Crippen MR) is 51.8 cm³/mol. The van der Waals surface area contributed by atoms with E-state index in [4.69, 9.17) is 9.84 Å². The molecular weight excluding hydrogens is 196 g/mol. The van der Waals surface area contributed by atoms with Gasteiger partial charge >= 0.3 is 5.97 Å². The molecule has 12 heavy (non-hydrogen) atoms. The molecule has 0 aliphatic carbocycles. The van der Waals surface area contributed by atoms with Crippen molar-refractivity contribution in [1.82, 2.24) is 0 Å². The Hall–Kier alpha value is 0.130. The fraction of sp³-hybridized carbons (Fsp3) is 0.857. The van der Waals surface area contributed by atoms with Gasteiger partial charge in [0, 0.05) is 5.25 Å². The summed E-state index contributed by atoms with van der Waals surface area (Å²) >= 11 is 8.29. The highest BCUT2D eigenvalue weighted by molar-refractivity contribution is 7.81. The van der Waals surface area contributed by atoms with Gasteiger partial charge in [-0.25, -0.2) is 0 Å². The summed E-state index contributed by atoms with van der Waals surface area (Å²) in [4.78, 5) is 10.8. The van der Waals surface area contributed by atoms with Gasteiger partial charge in [0.15, 0.2) is 0 Å². The van der Waals surface area contributed by atoms with Crippen LogP contribution < -0.4 is 0 Å². The van der Waals surface area contributed by atoms with Crippen molar-refractivity contribution in [3.8, 4) is 0 Å². The van der Waals surface area contributed by atoms with Crippen molar-refractivity contribution in [2.75, 3.05) is 6.61 Å². The van der Waals surface area contributed by atoms with Crippen LogP contribution in [0.3, 0.4) is 0 Å². The molecule has 0 radical (unpaired) electrons. The van der Waals surface area contributed by atoms with E-state index in [-0.39, 0.29) is 11.2 Å². The van der Waals surface area contributed by atoms with Crippen LogP contribution in [0.1, 0.15) is 6.92 Å². The van der Waals surface area contributed by atoms with Gasteiger partial charge in [-0.3, -0.25) is 4.79 Å². The van der Waals surface area contributed by atoms with Crippen LogP contribution in [0.4, 0.5) is 0 Å². The topological polar surface area (TPSA) is 46.5 Å². The van der Waals surface area contributed by atoms with E-state index >= 15 is 0 Å². The Morgan fingerprint density at radius 2 is 2.17 bits per heavy atom. The number of thiol groups is 2. The molecule has 1 heterocycles. The number of ether oxygens (including phenoxy) is 1. The van der Waals surface area contributed by atoms with Gasteiger partial charge in [0.25, 0.3) is 0 Å². The summed E-state index contributed by atoms with van der Waals surface area (Å²) in [5, 5.41) is 8.83. The summed E-state index contributed by atoms with van der Waals surface area (Å²) in [7, 11) is 0. The zero-order valence-corrected chi connectivity index (χ0v) is 8.46. The molecule has 4 unspecified atom stereocenters. The maximum atomic E-state index is 10.8. The lowest BCUT2D eigenvalue weighted by atomic mass is 9.89. The molecule has 0 aromatic rings. The average molecular weight is 208 g/mol. The molecule has 70 valence electrons. The molecule has 1 rings (SSSR count). The molecule has 3 nitrogen and oxygen atoms in total. The Balaban J connectivity index is 2.71. The fourth-order valence-electron chi connectivity index (χ4n) is 1.30. The fourth-order valence-corrected chi connectivity index (χ4v) is 2.06. The van der Waals surface area contributed by atoms with Crippen molar-refractivity contribution in [2.24, 2.45) is 11.8 Å². The first-order chi connectivity index (χ1) is 5.54. The molecule has 1 aliphatic heterocycles. The molecule has 0 bridgehead atoms. The van der Waals surface area contributed by atoms with Crippen molar-refractivity contribution in [3.05, 3.63) is 0 Å². The second-order valence-corrected chi connectivity index (χ2v) is 4.19. The second kappa shape index (κ2) is 3.89. The van der Waals surface area contributed by atoms with E-state index in [1.54, 1.807) is 0 Å². The molecule has 1 N–H and O–H groups in total.